The number of nitrogens with zero attached hydrogens (tertiary/aromatic N) is 1. The second-order valence-electron chi connectivity index (χ2n) is 4.07. The predicted octanol–water partition coefficient (Wildman–Crippen LogP) is 1.39. The molecule has 0 spiro atoms. The number of hydrogen-bond acceptors (Lipinski definition) is 3. The molecule has 0 aliphatic rings. The molecule has 0 saturated carbocycles. The average molecular weight is 230 g/mol. The van der Waals surface area contributed by atoms with Gasteiger partial charge in [0.05, 0.1) is 0 Å². The van der Waals surface area contributed by atoms with E-state index in [0.29, 0.717) is 19.7 Å². The number of carbonyl (C=O) groups excluding carboxylic acids is 1. The summed E-state index contributed by atoms with van der Waals surface area (Å²) >= 11 is 0. The van der Waals surface area contributed by atoms with Crippen LogP contribution in [0.15, 0.2) is 0 Å². The Morgan fingerprint density at radius 2 is 2.00 bits per heavy atom. The highest BCUT2D eigenvalue weighted by Gasteiger charge is 2.07. The average Bonchev–Trinajstić information content (AvgIpc) is 2.30. The molecule has 0 bridgehead atoms. The first kappa shape index (κ1) is 15.4. The molecule has 0 fully saturated rings. The Morgan fingerprint density at radius 3 is 2.62 bits per heavy atom. The van der Waals surface area contributed by atoms with E-state index in [2.05, 4.69) is 6.92 Å². The minimum Gasteiger partial charge on any atom is -0.372 e. The van der Waals surface area contributed by atoms with Crippen molar-refractivity contribution in [3.8, 4) is 0 Å². The maximum atomic E-state index is 11.5. The lowest BCUT2D eigenvalue weighted by Crippen LogP contribution is -2.32. The van der Waals surface area contributed by atoms with Crippen molar-refractivity contribution in [1.29, 1.82) is 0 Å². The van der Waals surface area contributed by atoms with E-state index in [9.17, 15) is 4.79 Å². The summed E-state index contributed by atoms with van der Waals surface area (Å²) in [4.78, 5) is 13.2. The number of amides is 1. The molecule has 0 heterocycles. The topological polar surface area (TPSA) is 55.6 Å². The molecule has 0 rings (SSSR count). The van der Waals surface area contributed by atoms with Crippen molar-refractivity contribution in [3.63, 3.8) is 0 Å². The minimum atomic E-state index is 0.0453. The monoisotopic (exact) mass is 230 g/mol. The third-order valence-corrected chi connectivity index (χ3v) is 2.49. The zero-order valence-electron chi connectivity index (χ0n) is 10.7. The molecule has 0 atom stereocenters. The summed E-state index contributed by atoms with van der Waals surface area (Å²) in [6, 6.07) is 0. The molecule has 0 aromatic heterocycles. The molecule has 0 unspecified atom stereocenters. The maximum Gasteiger partial charge on any atom is 0.248 e. The predicted molar refractivity (Wildman–Crippen MR) is 66.3 cm³/mol. The lowest BCUT2D eigenvalue weighted by atomic mass is 10.2. The van der Waals surface area contributed by atoms with E-state index in [1.807, 2.05) is 0 Å². The molecular formula is C12H26N2O2. The van der Waals surface area contributed by atoms with Crippen LogP contribution in [-0.4, -0.2) is 44.2 Å². The number of nitrogens with two attached hydrogens (primary N) is 1. The summed E-state index contributed by atoms with van der Waals surface area (Å²) < 4.78 is 5.32. The van der Waals surface area contributed by atoms with Crippen molar-refractivity contribution in [2.45, 2.75) is 39.0 Å². The van der Waals surface area contributed by atoms with Gasteiger partial charge in [-0.05, 0) is 19.4 Å². The molecule has 4 nitrogen and oxygen atoms in total. The molecule has 96 valence electrons. The molecule has 0 aromatic carbocycles. The van der Waals surface area contributed by atoms with Crippen LogP contribution in [0.1, 0.15) is 39.0 Å². The lowest BCUT2D eigenvalue weighted by Gasteiger charge is -2.16. The van der Waals surface area contributed by atoms with E-state index >= 15 is 0 Å². The smallest absolute Gasteiger partial charge is 0.248 e. The van der Waals surface area contributed by atoms with E-state index < -0.39 is 0 Å². The van der Waals surface area contributed by atoms with Crippen LogP contribution in [0.5, 0.6) is 0 Å². The van der Waals surface area contributed by atoms with Crippen molar-refractivity contribution in [2.24, 2.45) is 5.73 Å². The first-order valence-electron chi connectivity index (χ1n) is 6.24. The van der Waals surface area contributed by atoms with E-state index in [0.717, 1.165) is 12.8 Å². The summed E-state index contributed by atoms with van der Waals surface area (Å²) in [5.41, 5.74) is 5.38. The Bertz CT molecular complexity index is 174. The van der Waals surface area contributed by atoms with Gasteiger partial charge >= 0.3 is 0 Å². The minimum absolute atomic E-state index is 0.0453. The van der Waals surface area contributed by atoms with E-state index in [1.54, 1.807) is 11.9 Å². The lowest BCUT2D eigenvalue weighted by molar-refractivity contribution is -0.134. The Labute approximate surface area is 99.1 Å². The van der Waals surface area contributed by atoms with E-state index in [1.165, 1.54) is 19.3 Å². The standard InChI is InChI=1S/C12H26N2O2/c1-3-4-5-6-10-16-11-12(15)14(2)9-7-8-13/h3-11,13H2,1-2H3. The molecule has 0 saturated heterocycles. The zero-order chi connectivity index (χ0) is 12.2. The fraction of sp³-hybridized carbons (Fsp3) is 0.917. The highest BCUT2D eigenvalue weighted by atomic mass is 16.5. The Morgan fingerprint density at radius 1 is 1.25 bits per heavy atom. The van der Waals surface area contributed by atoms with Gasteiger partial charge in [-0.15, -0.1) is 0 Å². The SMILES string of the molecule is CCCCCCOCC(=O)N(C)CCCN. The van der Waals surface area contributed by atoms with E-state index in [-0.39, 0.29) is 12.5 Å². The molecule has 0 aromatic rings. The van der Waals surface area contributed by atoms with Gasteiger partial charge in [0.15, 0.2) is 0 Å². The van der Waals surface area contributed by atoms with Crippen molar-refractivity contribution < 1.29 is 9.53 Å². The summed E-state index contributed by atoms with van der Waals surface area (Å²) in [5, 5.41) is 0. The van der Waals surface area contributed by atoms with Crippen LogP contribution < -0.4 is 5.73 Å². The molecular weight excluding hydrogens is 204 g/mol. The summed E-state index contributed by atoms with van der Waals surface area (Å²) in [6.07, 6.45) is 5.55. The van der Waals surface area contributed by atoms with Crippen molar-refractivity contribution in [1.82, 2.24) is 4.90 Å². The Hall–Kier alpha value is -0.610. The Balaban J connectivity index is 3.35. The van der Waals surface area contributed by atoms with Crippen molar-refractivity contribution >= 4 is 5.91 Å². The van der Waals surface area contributed by atoms with Crippen LogP contribution in [0.3, 0.4) is 0 Å². The van der Waals surface area contributed by atoms with Crippen LogP contribution in [0.2, 0.25) is 0 Å². The highest BCUT2D eigenvalue weighted by molar-refractivity contribution is 5.77. The van der Waals surface area contributed by atoms with Crippen molar-refractivity contribution in [3.05, 3.63) is 0 Å². The first-order chi connectivity index (χ1) is 7.72. The molecule has 0 aliphatic carbocycles. The van der Waals surface area contributed by atoms with E-state index in [4.69, 9.17) is 10.5 Å². The zero-order valence-corrected chi connectivity index (χ0v) is 10.7. The van der Waals surface area contributed by atoms with Gasteiger partial charge in [-0.1, -0.05) is 26.2 Å². The largest absolute Gasteiger partial charge is 0.372 e. The van der Waals surface area contributed by atoms with Gasteiger partial charge in [0, 0.05) is 20.2 Å². The number of rotatable bonds is 10. The summed E-state index contributed by atoms with van der Waals surface area (Å²) in [6.45, 7) is 4.41. The maximum absolute atomic E-state index is 11.5. The molecule has 0 radical (unpaired) electrons. The van der Waals surface area contributed by atoms with Crippen molar-refractivity contribution in [2.75, 3.05) is 33.4 Å². The molecule has 0 aliphatic heterocycles. The number of hydrogen-bond donors (Lipinski definition) is 1. The normalized spacial score (nSPS) is 10.4. The van der Waals surface area contributed by atoms with Gasteiger partial charge in [0.25, 0.3) is 0 Å². The second-order valence-corrected chi connectivity index (χ2v) is 4.07. The number of ether oxygens (including phenoxy) is 1. The van der Waals surface area contributed by atoms with Crippen LogP contribution >= 0.6 is 0 Å². The molecule has 4 heteroatoms. The van der Waals surface area contributed by atoms with Gasteiger partial charge in [0.2, 0.25) is 5.91 Å². The fourth-order valence-electron chi connectivity index (χ4n) is 1.35. The highest BCUT2D eigenvalue weighted by Crippen LogP contribution is 1.99. The second kappa shape index (κ2) is 10.9. The summed E-state index contributed by atoms with van der Waals surface area (Å²) in [5.74, 6) is 0.0453. The number of carbonyl (C=O) groups is 1. The number of likely N-dealkylation sites (N-methyl/N-ethyl adjacent to an activating group) is 1. The molecule has 2 N–H and O–H groups in total. The Kier molecular flexibility index (Phi) is 10.5. The van der Waals surface area contributed by atoms with Gasteiger partial charge in [0.1, 0.15) is 6.61 Å². The van der Waals surface area contributed by atoms with Crippen LogP contribution in [0.4, 0.5) is 0 Å². The van der Waals surface area contributed by atoms with Gasteiger partial charge in [-0.3, -0.25) is 4.79 Å². The number of unbranched alkanes of at least 4 members (excludes halogenated alkanes) is 3. The third kappa shape index (κ3) is 8.68. The van der Waals surface area contributed by atoms with Crippen LogP contribution in [0.25, 0.3) is 0 Å². The summed E-state index contributed by atoms with van der Waals surface area (Å²) in [7, 11) is 1.79. The molecule has 1 amide bonds. The fourth-order valence-corrected chi connectivity index (χ4v) is 1.35. The third-order valence-electron chi connectivity index (χ3n) is 2.49. The quantitative estimate of drug-likeness (QED) is 0.577. The molecule has 16 heavy (non-hydrogen) atoms. The van der Waals surface area contributed by atoms with Gasteiger partial charge in [-0.25, -0.2) is 0 Å². The van der Waals surface area contributed by atoms with Gasteiger partial charge in [-0.2, -0.15) is 0 Å². The van der Waals surface area contributed by atoms with Gasteiger partial charge < -0.3 is 15.4 Å². The van der Waals surface area contributed by atoms with Crippen LogP contribution in [0, 0.1) is 0 Å². The van der Waals surface area contributed by atoms with Crippen LogP contribution in [-0.2, 0) is 9.53 Å². The first-order valence-corrected chi connectivity index (χ1v) is 6.24.